The van der Waals surface area contributed by atoms with E-state index < -0.39 is 0 Å². The first-order valence-corrected chi connectivity index (χ1v) is 6.83. The van der Waals surface area contributed by atoms with Crippen LogP contribution in [0.4, 0.5) is 5.69 Å². The fraction of sp³-hybridized carbons (Fsp3) is 0.412. The largest absolute Gasteiger partial charge is 0.375 e. The average molecular weight is 256 g/mol. The number of rotatable bonds is 3. The molecule has 1 aromatic rings. The highest BCUT2D eigenvalue weighted by Crippen LogP contribution is 2.41. The molecule has 1 N–H and O–H groups in total. The topological polar surface area (TPSA) is 15.3 Å². The van der Waals surface area contributed by atoms with Gasteiger partial charge in [-0.2, -0.15) is 0 Å². The lowest BCUT2D eigenvalue weighted by Crippen LogP contribution is -2.49. The first-order chi connectivity index (χ1) is 8.90. The lowest BCUT2D eigenvalue weighted by Gasteiger charge is -2.46. The molecule has 0 spiro atoms. The highest BCUT2D eigenvalue weighted by molar-refractivity contribution is 5.69. The van der Waals surface area contributed by atoms with Crippen LogP contribution in [0, 0.1) is 6.92 Å². The summed E-state index contributed by atoms with van der Waals surface area (Å²) in [7, 11) is 1.93. The van der Waals surface area contributed by atoms with E-state index in [1.54, 1.807) is 0 Å². The van der Waals surface area contributed by atoms with Gasteiger partial charge in [0.15, 0.2) is 0 Å². The monoisotopic (exact) mass is 256 g/mol. The maximum atomic E-state index is 4.17. The van der Waals surface area contributed by atoms with Crippen molar-refractivity contribution in [2.45, 2.75) is 39.2 Å². The van der Waals surface area contributed by atoms with Crippen molar-refractivity contribution in [2.24, 2.45) is 0 Å². The summed E-state index contributed by atoms with van der Waals surface area (Å²) in [4.78, 5) is 2.34. The molecule has 0 bridgehead atoms. The Morgan fingerprint density at radius 2 is 2.11 bits per heavy atom. The number of hydrogen-bond donors (Lipinski definition) is 1. The van der Waals surface area contributed by atoms with Crippen LogP contribution >= 0.6 is 0 Å². The zero-order valence-corrected chi connectivity index (χ0v) is 12.5. The summed E-state index contributed by atoms with van der Waals surface area (Å²) in [6.45, 7) is 14.8. The van der Waals surface area contributed by atoms with Gasteiger partial charge in [-0.05, 0) is 62.4 Å². The molecule has 102 valence electrons. The number of nitrogens with zero attached hydrogens (tertiary/aromatic N) is 1. The van der Waals surface area contributed by atoms with Crippen LogP contribution in [0.3, 0.4) is 0 Å². The molecule has 2 heteroatoms. The predicted molar refractivity (Wildman–Crippen MR) is 84.3 cm³/mol. The van der Waals surface area contributed by atoms with E-state index in [1.165, 1.54) is 22.4 Å². The Bertz CT molecular complexity index is 526. The third-order valence-electron chi connectivity index (χ3n) is 4.03. The van der Waals surface area contributed by atoms with Gasteiger partial charge in [0.1, 0.15) is 0 Å². The number of anilines is 1. The van der Waals surface area contributed by atoms with Crippen LogP contribution in [0.2, 0.25) is 0 Å². The number of fused-ring (bicyclic) bond motifs is 1. The lowest BCUT2D eigenvalue weighted by molar-refractivity contribution is 0.426. The molecule has 0 aromatic heterocycles. The molecular weight excluding hydrogens is 232 g/mol. The number of benzene rings is 1. The Labute approximate surface area is 116 Å². The van der Waals surface area contributed by atoms with E-state index in [2.05, 4.69) is 56.3 Å². The van der Waals surface area contributed by atoms with Crippen LogP contribution in [0.15, 0.2) is 31.1 Å². The van der Waals surface area contributed by atoms with Gasteiger partial charge in [-0.15, -0.1) is 0 Å². The maximum Gasteiger partial charge on any atom is 0.0986 e. The second kappa shape index (κ2) is 4.76. The van der Waals surface area contributed by atoms with E-state index in [9.17, 15) is 0 Å². The molecule has 2 nitrogen and oxygen atoms in total. The van der Waals surface area contributed by atoms with Gasteiger partial charge in [0, 0.05) is 18.3 Å². The van der Waals surface area contributed by atoms with Crippen molar-refractivity contribution in [3.05, 3.63) is 47.8 Å². The van der Waals surface area contributed by atoms with Crippen LogP contribution < -0.4 is 10.2 Å². The molecule has 0 fully saturated rings. The Hall–Kier alpha value is -1.70. The zero-order valence-electron chi connectivity index (χ0n) is 12.5. The van der Waals surface area contributed by atoms with Crippen molar-refractivity contribution in [3.8, 4) is 0 Å². The van der Waals surface area contributed by atoms with Crippen molar-refractivity contribution in [3.63, 3.8) is 0 Å². The molecule has 0 unspecified atom stereocenters. The minimum Gasteiger partial charge on any atom is -0.375 e. The first-order valence-electron chi connectivity index (χ1n) is 6.83. The summed E-state index contributed by atoms with van der Waals surface area (Å²) in [5.74, 6) is 0.959. The minimum absolute atomic E-state index is 0.0908. The third-order valence-corrected chi connectivity index (χ3v) is 4.03. The predicted octanol–water partition coefficient (Wildman–Crippen LogP) is 3.86. The Morgan fingerprint density at radius 1 is 1.42 bits per heavy atom. The quantitative estimate of drug-likeness (QED) is 0.883. The zero-order chi connectivity index (χ0) is 14.2. The van der Waals surface area contributed by atoms with Crippen molar-refractivity contribution in [2.75, 3.05) is 11.9 Å². The van der Waals surface area contributed by atoms with Crippen LogP contribution in [-0.2, 0) is 6.42 Å². The molecule has 0 radical (unpaired) electrons. The van der Waals surface area contributed by atoms with Crippen LogP contribution in [-0.4, -0.2) is 12.6 Å². The SMILES string of the molecule is C=Cc1cc(C)c2c(c1)CCC(C)(C)N2C(=C)NC. The number of nitrogens with one attached hydrogen (secondary N) is 1. The molecule has 1 aliphatic heterocycles. The van der Waals surface area contributed by atoms with Gasteiger partial charge in [0.25, 0.3) is 0 Å². The van der Waals surface area contributed by atoms with Gasteiger partial charge in [0.05, 0.1) is 5.82 Å². The molecule has 0 atom stereocenters. The number of hydrogen-bond acceptors (Lipinski definition) is 2. The van der Waals surface area contributed by atoms with Crippen molar-refractivity contribution in [1.29, 1.82) is 0 Å². The fourth-order valence-electron chi connectivity index (χ4n) is 2.98. The van der Waals surface area contributed by atoms with E-state index in [4.69, 9.17) is 0 Å². The summed E-state index contributed by atoms with van der Waals surface area (Å²) in [5, 5.41) is 3.20. The highest BCUT2D eigenvalue weighted by Gasteiger charge is 2.35. The Morgan fingerprint density at radius 3 is 2.68 bits per heavy atom. The van der Waals surface area contributed by atoms with Gasteiger partial charge >= 0.3 is 0 Å². The van der Waals surface area contributed by atoms with E-state index >= 15 is 0 Å². The molecule has 0 saturated heterocycles. The third kappa shape index (κ3) is 2.27. The summed E-state index contributed by atoms with van der Waals surface area (Å²) in [6.07, 6.45) is 4.16. The van der Waals surface area contributed by atoms with Crippen LogP contribution in [0.25, 0.3) is 6.08 Å². The molecule has 2 rings (SSSR count). The van der Waals surface area contributed by atoms with Gasteiger partial charge in [-0.1, -0.05) is 19.2 Å². The second-order valence-electron chi connectivity index (χ2n) is 5.89. The van der Waals surface area contributed by atoms with Gasteiger partial charge in [-0.3, -0.25) is 0 Å². The van der Waals surface area contributed by atoms with E-state index in [0.29, 0.717) is 0 Å². The van der Waals surface area contributed by atoms with Gasteiger partial charge in [0.2, 0.25) is 0 Å². The van der Waals surface area contributed by atoms with Crippen molar-refractivity contribution >= 4 is 11.8 Å². The molecule has 1 heterocycles. The standard InChI is InChI=1S/C17H24N2/c1-7-14-10-12(2)16-15(11-14)8-9-17(4,5)19(16)13(3)18-6/h7,10-11,18H,1,3,8-9H2,2,4-6H3. The minimum atomic E-state index is 0.0908. The van der Waals surface area contributed by atoms with Crippen molar-refractivity contribution < 1.29 is 0 Å². The molecule has 1 aromatic carbocycles. The highest BCUT2D eigenvalue weighted by atomic mass is 15.3. The summed E-state index contributed by atoms with van der Waals surface area (Å²) < 4.78 is 0. The van der Waals surface area contributed by atoms with E-state index in [1.807, 2.05) is 13.1 Å². The van der Waals surface area contributed by atoms with E-state index in [0.717, 1.165) is 18.7 Å². The van der Waals surface area contributed by atoms with Gasteiger partial charge < -0.3 is 10.2 Å². The van der Waals surface area contributed by atoms with Crippen LogP contribution in [0.5, 0.6) is 0 Å². The molecule has 0 saturated carbocycles. The normalized spacial score (nSPS) is 16.7. The smallest absolute Gasteiger partial charge is 0.0986 e. The maximum absolute atomic E-state index is 4.17. The van der Waals surface area contributed by atoms with E-state index in [-0.39, 0.29) is 5.54 Å². The molecule has 0 amide bonds. The summed E-state index contributed by atoms with van der Waals surface area (Å²) >= 11 is 0. The summed E-state index contributed by atoms with van der Waals surface area (Å²) in [6, 6.07) is 4.45. The fourth-order valence-corrected chi connectivity index (χ4v) is 2.98. The number of aryl methyl sites for hydroxylation is 2. The average Bonchev–Trinajstić information content (AvgIpc) is 2.37. The second-order valence-corrected chi connectivity index (χ2v) is 5.89. The first kappa shape index (κ1) is 13.7. The molecule has 1 aliphatic rings. The Kier molecular flexibility index (Phi) is 3.44. The molecule has 0 aliphatic carbocycles. The summed E-state index contributed by atoms with van der Waals surface area (Å²) in [5.41, 5.74) is 5.28. The molecular formula is C17H24N2. The van der Waals surface area contributed by atoms with Crippen LogP contribution in [0.1, 0.15) is 37.0 Å². The Balaban J connectivity index is 2.62. The lowest BCUT2D eigenvalue weighted by atomic mass is 9.84. The van der Waals surface area contributed by atoms with Crippen molar-refractivity contribution in [1.82, 2.24) is 5.32 Å². The molecule has 19 heavy (non-hydrogen) atoms. The van der Waals surface area contributed by atoms with Gasteiger partial charge in [-0.25, -0.2) is 0 Å².